The van der Waals surface area contributed by atoms with E-state index in [-0.39, 0.29) is 12.0 Å². The molecule has 2 atom stereocenters. The van der Waals surface area contributed by atoms with Crippen molar-refractivity contribution in [3.8, 4) is 0 Å². The zero-order valence-corrected chi connectivity index (χ0v) is 7.99. The lowest BCUT2D eigenvalue weighted by Gasteiger charge is -2.23. The molecule has 0 heterocycles. The summed E-state index contributed by atoms with van der Waals surface area (Å²) in [5, 5.41) is 0. The molecule has 0 saturated carbocycles. The molecule has 0 spiro atoms. The van der Waals surface area contributed by atoms with Crippen molar-refractivity contribution in [2.75, 3.05) is 6.54 Å². The maximum absolute atomic E-state index is 10.5. The Morgan fingerprint density at radius 3 is 2.33 bits per heavy atom. The zero-order chi connectivity index (χ0) is 9.56. The Balaban J connectivity index is 3.94. The first-order valence-corrected chi connectivity index (χ1v) is 4.54. The molecule has 3 heteroatoms. The SMILES string of the molecule is CC(C)C(CCCN)[C@H](N)C=O. The molecule has 0 rings (SSSR count). The molecule has 0 saturated heterocycles. The first-order valence-electron chi connectivity index (χ1n) is 4.54. The highest BCUT2D eigenvalue weighted by molar-refractivity contribution is 5.57. The van der Waals surface area contributed by atoms with Gasteiger partial charge in [0.25, 0.3) is 0 Å². The standard InChI is InChI=1S/C9H20N2O/c1-7(2)8(4-3-5-10)9(11)6-12/h6-9H,3-5,10-11H2,1-2H3/t8?,9-/m1/s1. The molecule has 0 amide bonds. The second-order valence-corrected chi connectivity index (χ2v) is 3.55. The minimum Gasteiger partial charge on any atom is -0.330 e. The fraction of sp³-hybridized carbons (Fsp3) is 0.889. The fourth-order valence-electron chi connectivity index (χ4n) is 1.42. The molecule has 0 aliphatic carbocycles. The molecule has 0 aromatic carbocycles. The van der Waals surface area contributed by atoms with E-state index in [4.69, 9.17) is 11.5 Å². The predicted octanol–water partition coefficient (Wildman–Crippen LogP) is 0.524. The summed E-state index contributed by atoms with van der Waals surface area (Å²) in [5.41, 5.74) is 11.0. The van der Waals surface area contributed by atoms with E-state index in [1.807, 2.05) is 0 Å². The molecule has 12 heavy (non-hydrogen) atoms. The van der Waals surface area contributed by atoms with Gasteiger partial charge >= 0.3 is 0 Å². The topological polar surface area (TPSA) is 69.1 Å². The Bertz CT molecular complexity index is 126. The van der Waals surface area contributed by atoms with Gasteiger partial charge in [-0.3, -0.25) is 0 Å². The maximum atomic E-state index is 10.5. The quantitative estimate of drug-likeness (QED) is 0.574. The van der Waals surface area contributed by atoms with E-state index in [9.17, 15) is 4.79 Å². The zero-order valence-electron chi connectivity index (χ0n) is 7.99. The Morgan fingerprint density at radius 2 is 2.00 bits per heavy atom. The molecule has 0 aromatic heterocycles. The number of hydrogen-bond acceptors (Lipinski definition) is 3. The van der Waals surface area contributed by atoms with Crippen molar-refractivity contribution in [1.82, 2.24) is 0 Å². The van der Waals surface area contributed by atoms with E-state index in [2.05, 4.69) is 13.8 Å². The highest BCUT2D eigenvalue weighted by atomic mass is 16.1. The molecule has 4 N–H and O–H groups in total. The highest BCUT2D eigenvalue weighted by Gasteiger charge is 2.19. The van der Waals surface area contributed by atoms with Gasteiger partial charge in [-0.2, -0.15) is 0 Å². The summed E-state index contributed by atoms with van der Waals surface area (Å²) < 4.78 is 0. The monoisotopic (exact) mass is 172 g/mol. The fourth-order valence-corrected chi connectivity index (χ4v) is 1.42. The van der Waals surface area contributed by atoms with E-state index in [0.717, 1.165) is 19.1 Å². The average molecular weight is 172 g/mol. The Labute approximate surface area is 74.5 Å². The van der Waals surface area contributed by atoms with Gasteiger partial charge in [0.1, 0.15) is 6.29 Å². The van der Waals surface area contributed by atoms with Gasteiger partial charge in [0.05, 0.1) is 6.04 Å². The number of aldehydes is 1. The van der Waals surface area contributed by atoms with E-state index in [1.165, 1.54) is 0 Å². The lowest BCUT2D eigenvalue weighted by atomic mass is 9.86. The summed E-state index contributed by atoms with van der Waals surface area (Å²) in [4.78, 5) is 10.5. The lowest BCUT2D eigenvalue weighted by molar-refractivity contribution is -0.110. The first-order chi connectivity index (χ1) is 5.63. The molecule has 0 aromatic rings. The molecule has 0 bridgehead atoms. The summed E-state index contributed by atoms with van der Waals surface area (Å²) in [5.74, 6) is 0.739. The number of hydrogen-bond donors (Lipinski definition) is 2. The summed E-state index contributed by atoms with van der Waals surface area (Å²) in [7, 11) is 0. The third-order valence-corrected chi connectivity index (χ3v) is 2.25. The molecule has 72 valence electrons. The van der Waals surface area contributed by atoms with Gasteiger partial charge in [-0.05, 0) is 31.2 Å². The van der Waals surface area contributed by atoms with Crippen LogP contribution in [0, 0.1) is 11.8 Å². The number of nitrogens with two attached hydrogens (primary N) is 2. The molecule has 0 aliphatic rings. The molecular weight excluding hydrogens is 152 g/mol. The second-order valence-electron chi connectivity index (χ2n) is 3.55. The van der Waals surface area contributed by atoms with Crippen LogP contribution in [0.1, 0.15) is 26.7 Å². The van der Waals surface area contributed by atoms with Gasteiger partial charge in [0.15, 0.2) is 0 Å². The predicted molar refractivity (Wildman–Crippen MR) is 50.7 cm³/mol. The van der Waals surface area contributed by atoms with E-state index >= 15 is 0 Å². The van der Waals surface area contributed by atoms with Crippen LogP contribution in [0.3, 0.4) is 0 Å². The summed E-state index contributed by atoms with van der Waals surface area (Å²) in [6.45, 7) is 4.85. The minimum absolute atomic E-state index is 0.283. The summed E-state index contributed by atoms with van der Waals surface area (Å²) in [6.07, 6.45) is 2.74. The van der Waals surface area contributed by atoms with Crippen molar-refractivity contribution >= 4 is 6.29 Å². The van der Waals surface area contributed by atoms with Gasteiger partial charge in [-0.25, -0.2) is 0 Å². The minimum atomic E-state index is -0.323. The van der Waals surface area contributed by atoms with Crippen LogP contribution in [0.15, 0.2) is 0 Å². The van der Waals surface area contributed by atoms with Crippen molar-refractivity contribution in [3.05, 3.63) is 0 Å². The largest absolute Gasteiger partial charge is 0.330 e. The number of carbonyl (C=O) groups is 1. The van der Waals surface area contributed by atoms with Crippen LogP contribution in [0.25, 0.3) is 0 Å². The normalized spacial score (nSPS) is 16.1. The van der Waals surface area contributed by atoms with Gasteiger partial charge in [0.2, 0.25) is 0 Å². The van der Waals surface area contributed by atoms with Crippen LogP contribution in [-0.2, 0) is 4.79 Å². The smallest absolute Gasteiger partial charge is 0.136 e. The second kappa shape index (κ2) is 6.14. The van der Waals surface area contributed by atoms with Crippen molar-refractivity contribution in [2.45, 2.75) is 32.7 Å². The molecular formula is C9H20N2O. The summed E-state index contributed by atoms with van der Waals surface area (Å²) in [6, 6.07) is -0.323. The van der Waals surface area contributed by atoms with Gasteiger partial charge in [-0.1, -0.05) is 13.8 Å². The summed E-state index contributed by atoms with van der Waals surface area (Å²) >= 11 is 0. The van der Waals surface area contributed by atoms with Crippen molar-refractivity contribution in [2.24, 2.45) is 23.3 Å². The van der Waals surface area contributed by atoms with Crippen molar-refractivity contribution in [3.63, 3.8) is 0 Å². The van der Waals surface area contributed by atoms with Gasteiger partial charge < -0.3 is 16.3 Å². The van der Waals surface area contributed by atoms with Crippen LogP contribution < -0.4 is 11.5 Å². The van der Waals surface area contributed by atoms with Crippen LogP contribution >= 0.6 is 0 Å². The number of carbonyl (C=O) groups excluding carboxylic acids is 1. The molecule has 1 unspecified atom stereocenters. The van der Waals surface area contributed by atoms with E-state index in [1.54, 1.807) is 0 Å². The maximum Gasteiger partial charge on any atom is 0.136 e. The van der Waals surface area contributed by atoms with Crippen LogP contribution in [0.2, 0.25) is 0 Å². The third kappa shape index (κ3) is 3.83. The van der Waals surface area contributed by atoms with Crippen molar-refractivity contribution < 1.29 is 4.79 Å². The molecule has 0 fully saturated rings. The van der Waals surface area contributed by atoms with Gasteiger partial charge in [-0.15, -0.1) is 0 Å². The van der Waals surface area contributed by atoms with Gasteiger partial charge in [0, 0.05) is 0 Å². The van der Waals surface area contributed by atoms with Crippen molar-refractivity contribution in [1.29, 1.82) is 0 Å². The first kappa shape index (κ1) is 11.6. The Hall–Kier alpha value is -0.410. The number of rotatable bonds is 6. The van der Waals surface area contributed by atoms with Crippen LogP contribution in [-0.4, -0.2) is 18.9 Å². The third-order valence-electron chi connectivity index (χ3n) is 2.25. The van der Waals surface area contributed by atoms with E-state index in [0.29, 0.717) is 12.5 Å². The highest BCUT2D eigenvalue weighted by Crippen LogP contribution is 2.18. The Morgan fingerprint density at radius 1 is 1.42 bits per heavy atom. The van der Waals surface area contributed by atoms with Crippen LogP contribution in [0.4, 0.5) is 0 Å². The average Bonchev–Trinajstić information content (AvgIpc) is 2.04. The molecule has 0 radical (unpaired) electrons. The molecule has 3 nitrogen and oxygen atoms in total. The lowest BCUT2D eigenvalue weighted by Crippen LogP contribution is -2.35. The Kier molecular flexibility index (Phi) is 5.93. The molecule has 0 aliphatic heterocycles. The van der Waals surface area contributed by atoms with E-state index < -0.39 is 0 Å². The van der Waals surface area contributed by atoms with Crippen LogP contribution in [0.5, 0.6) is 0 Å².